The van der Waals surface area contributed by atoms with Crippen LogP contribution in [0.4, 0.5) is 0 Å². The molecule has 0 bridgehead atoms. The van der Waals surface area contributed by atoms with Crippen molar-refractivity contribution in [1.82, 2.24) is 0 Å². The summed E-state index contributed by atoms with van der Waals surface area (Å²) in [5, 5.41) is 0. The van der Waals surface area contributed by atoms with Gasteiger partial charge in [0, 0.05) is 4.11 Å². The van der Waals surface area contributed by atoms with Gasteiger partial charge >= 0.3 is 0 Å². The average molecular weight is 142 g/mol. The molecule has 0 spiro atoms. The minimum absolute atomic E-state index is 0.301. The summed E-state index contributed by atoms with van der Waals surface area (Å²) in [6.45, 7) is 6.07. The monoisotopic (exact) mass is 142 g/mol. The van der Waals surface area contributed by atoms with E-state index in [1.54, 1.807) is 13.8 Å². The van der Waals surface area contributed by atoms with Crippen LogP contribution in [0, 0.1) is 0 Å². The van der Waals surface area contributed by atoms with Crippen LogP contribution in [0.15, 0.2) is 36.4 Å². The lowest BCUT2D eigenvalue weighted by Crippen LogP contribution is -1.74. The van der Waals surface area contributed by atoms with E-state index in [2.05, 4.69) is 6.58 Å². The Kier molecular flexibility index (Phi) is 1.55. The van der Waals surface area contributed by atoms with Crippen LogP contribution in [0.3, 0.4) is 0 Å². The number of allylic oxidation sites excluding steroid dienone is 4. The van der Waals surface area contributed by atoms with Crippen molar-refractivity contribution in [3.63, 3.8) is 0 Å². The lowest BCUT2D eigenvalue weighted by Gasteiger charge is -1.94. The second-order valence-electron chi connectivity index (χ2n) is 2.16. The molecule has 0 saturated carbocycles. The van der Waals surface area contributed by atoms with Gasteiger partial charge in [0.25, 0.3) is 0 Å². The molecule has 0 heteroatoms. The van der Waals surface area contributed by atoms with Gasteiger partial charge in [-0.3, -0.25) is 0 Å². The van der Waals surface area contributed by atoms with Crippen molar-refractivity contribution in [3.05, 3.63) is 36.4 Å². The van der Waals surface area contributed by atoms with Gasteiger partial charge in [-0.05, 0) is 26.6 Å². The van der Waals surface area contributed by atoms with Crippen LogP contribution in [-0.4, -0.2) is 0 Å². The van der Waals surface area contributed by atoms with Crippen LogP contribution < -0.4 is 0 Å². The molecule has 56 valence electrons. The maximum atomic E-state index is 7.67. The highest BCUT2D eigenvalue weighted by molar-refractivity contribution is 5.11. The third-order valence-corrected chi connectivity index (χ3v) is 0.825. The Morgan fingerprint density at radius 2 is 2.50 bits per heavy atom. The van der Waals surface area contributed by atoms with E-state index in [9.17, 15) is 0 Å². The zero-order chi connectivity index (χ0) is 13.1. The minimum Gasteiger partial charge on any atom is -0.0988 e. The Labute approximate surface area is 72.4 Å². The fourth-order valence-electron chi connectivity index (χ4n) is 0.345. The SMILES string of the molecule is [2H]C([2H])=C([2H])C(=C)C([2H])([2H])C([2H])C=C(C)C. The number of hydrogen-bond donors (Lipinski definition) is 0. The lowest BCUT2D eigenvalue weighted by atomic mass is 10.1. The Morgan fingerprint density at radius 1 is 1.80 bits per heavy atom. The number of hydrogen-bond acceptors (Lipinski definition) is 0. The molecule has 0 nitrogen and oxygen atoms in total. The highest BCUT2D eigenvalue weighted by Crippen LogP contribution is 2.04. The smallest absolute Gasteiger partial charge is 0.0619 e. The van der Waals surface area contributed by atoms with Crippen LogP contribution in [0.25, 0.3) is 0 Å². The maximum Gasteiger partial charge on any atom is 0.0619 e. The van der Waals surface area contributed by atoms with E-state index < -0.39 is 25.4 Å². The van der Waals surface area contributed by atoms with Crippen molar-refractivity contribution in [3.8, 4) is 0 Å². The summed E-state index contributed by atoms with van der Waals surface area (Å²) in [5.74, 6) is 0. The van der Waals surface area contributed by atoms with Gasteiger partial charge in [0.05, 0.1) is 4.11 Å². The summed E-state index contributed by atoms with van der Waals surface area (Å²) in [6, 6.07) is -0.565. The Balaban J connectivity index is 5.15. The zero-order valence-corrected chi connectivity index (χ0v) is 6.36. The van der Waals surface area contributed by atoms with Gasteiger partial charge in [0.15, 0.2) is 0 Å². The van der Waals surface area contributed by atoms with Crippen molar-refractivity contribution >= 4 is 0 Å². The van der Waals surface area contributed by atoms with Crippen molar-refractivity contribution in [2.45, 2.75) is 26.6 Å². The lowest BCUT2D eigenvalue weighted by molar-refractivity contribution is 0.999. The van der Waals surface area contributed by atoms with E-state index in [1.807, 2.05) is 0 Å². The molecule has 10 heavy (non-hydrogen) atoms. The third kappa shape index (κ3) is 5.36. The van der Waals surface area contributed by atoms with Crippen LogP contribution >= 0.6 is 0 Å². The van der Waals surface area contributed by atoms with E-state index >= 15 is 0 Å². The van der Waals surface area contributed by atoms with Gasteiger partial charge in [-0.2, -0.15) is 0 Å². The second-order valence-corrected chi connectivity index (χ2v) is 2.16. The molecule has 0 radical (unpaired) electrons. The molecule has 0 aliphatic carbocycles. The van der Waals surface area contributed by atoms with E-state index in [0.717, 1.165) is 5.57 Å². The zero-order valence-electron chi connectivity index (χ0n) is 12.4. The molecule has 1 unspecified atom stereocenters. The van der Waals surface area contributed by atoms with Crippen LogP contribution in [-0.2, 0) is 0 Å². The van der Waals surface area contributed by atoms with Gasteiger partial charge in [0.1, 0.15) is 0 Å². The normalized spacial score (nSPS) is 21.4. The van der Waals surface area contributed by atoms with Crippen LogP contribution in [0.1, 0.15) is 34.8 Å². The summed E-state index contributed by atoms with van der Waals surface area (Å²) in [5.41, 5.74) is 0.495. The third-order valence-electron chi connectivity index (χ3n) is 0.825. The van der Waals surface area contributed by atoms with Crippen LogP contribution in [0.5, 0.6) is 0 Å². The molecule has 1 atom stereocenters. The van der Waals surface area contributed by atoms with Crippen molar-refractivity contribution < 1.29 is 8.22 Å². The predicted molar refractivity (Wildman–Crippen MR) is 48.0 cm³/mol. The molecule has 0 aromatic rings. The second kappa shape index (κ2) is 5.04. The maximum absolute atomic E-state index is 7.67. The van der Waals surface area contributed by atoms with Gasteiger partial charge in [-0.25, -0.2) is 0 Å². The first-order chi connectivity index (χ1) is 7.10. The van der Waals surface area contributed by atoms with Crippen molar-refractivity contribution in [2.75, 3.05) is 0 Å². The van der Waals surface area contributed by atoms with Crippen molar-refractivity contribution in [1.29, 1.82) is 0 Å². The molecule has 0 amide bonds. The highest BCUT2D eigenvalue weighted by Gasteiger charge is 1.84. The molecule has 0 aromatic carbocycles. The highest BCUT2D eigenvalue weighted by atomic mass is 13.9. The van der Waals surface area contributed by atoms with Gasteiger partial charge in [-0.15, -0.1) is 0 Å². The summed E-state index contributed by atoms with van der Waals surface area (Å²) in [6.07, 6.45) is -1.90. The fourth-order valence-corrected chi connectivity index (χ4v) is 0.345. The van der Waals surface area contributed by atoms with Crippen LogP contribution in [0.2, 0.25) is 0 Å². The van der Waals surface area contributed by atoms with E-state index in [4.69, 9.17) is 8.22 Å². The Bertz CT molecular complexity index is 331. The molecule has 0 fully saturated rings. The first-order valence-corrected chi connectivity index (χ1v) is 3.01. The van der Waals surface area contributed by atoms with E-state index in [-0.39, 0.29) is 5.57 Å². The molecule has 0 N–H and O–H groups in total. The van der Waals surface area contributed by atoms with Crippen molar-refractivity contribution in [2.24, 2.45) is 0 Å². The minimum atomic E-state index is -2.14. The fraction of sp³-hybridized carbons (Fsp3) is 0.400. The molecule has 0 aliphatic heterocycles. The summed E-state index contributed by atoms with van der Waals surface area (Å²) < 4.78 is 44.2. The quantitative estimate of drug-likeness (QED) is 0.416. The Hall–Kier alpha value is -0.780. The largest absolute Gasteiger partial charge is 0.0988 e. The molecular formula is C10H16. The van der Waals surface area contributed by atoms with Gasteiger partial charge in [0.2, 0.25) is 0 Å². The topological polar surface area (TPSA) is 0 Å². The van der Waals surface area contributed by atoms with E-state index in [1.165, 1.54) is 6.08 Å². The van der Waals surface area contributed by atoms with E-state index in [0.29, 0.717) is 0 Å². The Morgan fingerprint density at radius 3 is 3.00 bits per heavy atom. The van der Waals surface area contributed by atoms with Gasteiger partial charge < -0.3 is 0 Å². The standard InChI is InChI=1S/C10H16/c1-5-10(4)8-6-7-9(2)3/h5,7H,1,4,6,8H2,2-3H3/i1D2,5D,6D,8D2. The molecule has 0 saturated heterocycles. The summed E-state index contributed by atoms with van der Waals surface area (Å²) >= 11 is 0. The molecule has 0 heterocycles. The summed E-state index contributed by atoms with van der Waals surface area (Å²) in [7, 11) is 0. The first-order valence-electron chi connectivity index (χ1n) is 6.09. The molecule has 0 aromatic heterocycles. The predicted octanol–water partition coefficient (Wildman–Crippen LogP) is 3.48. The average Bonchev–Trinajstić information content (AvgIpc) is 2.14. The first kappa shape index (κ1) is 3.08. The number of rotatable bonds is 4. The van der Waals surface area contributed by atoms with Gasteiger partial charge in [-0.1, -0.05) is 36.4 Å². The molecular weight excluding hydrogens is 120 g/mol. The summed E-state index contributed by atoms with van der Waals surface area (Å²) in [4.78, 5) is 0. The molecule has 0 rings (SSSR count). The molecule has 0 aliphatic rings.